The lowest BCUT2D eigenvalue weighted by Gasteiger charge is -2.18. The summed E-state index contributed by atoms with van der Waals surface area (Å²) in [5.41, 5.74) is 4.25. The molecule has 4 nitrogen and oxygen atoms in total. The summed E-state index contributed by atoms with van der Waals surface area (Å²) in [5.74, 6) is 0.818. The van der Waals surface area contributed by atoms with Crippen molar-refractivity contribution in [3.63, 3.8) is 0 Å². The first-order valence-electron chi connectivity index (χ1n) is 7.51. The van der Waals surface area contributed by atoms with Crippen molar-refractivity contribution in [1.82, 2.24) is 9.97 Å². The van der Waals surface area contributed by atoms with Gasteiger partial charge < -0.3 is 4.98 Å². The van der Waals surface area contributed by atoms with Gasteiger partial charge in [0, 0.05) is 28.7 Å². The van der Waals surface area contributed by atoms with Crippen molar-refractivity contribution in [2.45, 2.75) is 47.5 Å². The SMILES string of the molecule is C/C=C\c1[nH]c(CCC2=C(C)C(=O)C(C)=C(C)C2=O)nc1C. The number of hydrogen-bond acceptors (Lipinski definition) is 3. The van der Waals surface area contributed by atoms with Crippen molar-refractivity contribution in [3.8, 4) is 0 Å². The summed E-state index contributed by atoms with van der Waals surface area (Å²) >= 11 is 0. The molecular weight excluding hydrogens is 276 g/mol. The zero-order valence-electron chi connectivity index (χ0n) is 13.8. The molecule has 0 saturated heterocycles. The number of ketones is 2. The summed E-state index contributed by atoms with van der Waals surface area (Å²) in [5, 5.41) is 0. The molecular formula is C18H22N2O2. The van der Waals surface area contributed by atoms with E-state index in [2.05, 4.69) is 9.97 Å². The molecule has 1 N–H and O–H groups in total. The molecule has 0 amide bonds. The molecule has 0 aliphatic heterocycles. The predicted molar refractivity (Wildman–Crippen MR) is 87.4 cm³/mol. The Labute approximate surface area is 131 Å². The standard InChI is InChI=1S/C18H22N2O2/c1-6-7-15-13(5)19-16(20-15)9-8-14-12(4)17(21)10(2)11(3)18(14)22/h6-7H,8-9H2,1-5H3,(H,19,20)/b7-6-. The lowest BCUT2D eigenvalue weighted by Crippen LogP contribution is -2.21. The van der Waals surface area contributed by atoms with E-state index in [9.17, 15) is 9.59 Å². The number of allylic oxidation sites excluding steroid dienone is 5. The molecule has 1 aliphatic rings. The van der Waals surface area contributed by atoms with E-state index in [4.69, 9.17) is 0 Å². The maximum absolute atomic E-state index is 12.4. The van der Waals surface area contributed by atoms with Gasteiger partial charge in [-0.2, -0.15) is 0 Å². The van der Waals surface area contributed by atoms with Gasteiger partial charge in [0.25, 0.3) is 0 Å². The number of aryl methyl sites for hydroxylation is 2. The van der Waals surface area contributed by atoms with Crippen LogP contribution in [0.5, 0.6) is 0 Å². The van der Waals surface area contributed by atoms with Crippen LogP contribution in [-0.2, 0) is 16.0 Å². The Bertz CT molecular complexity index is 730. The summed E-state index contributed by atoms with van der Waals surface area (Å²) in [6, 6.07) is 0. The second kappa shape index (κ2) is 6.26. The Kier molecular flexibility index (Phi) is 4.59. The minimum atomic E-state index is -0.0164. The summed E-state index contributed by atoms with van der Waals surface area (Å²) in [4.78, 5) is 32.3. The van der Waals surface area contributed by atoms with Gasteiger partial charge in [-0.1, -0.05) is 6.08 Å². The van der Waals surface area contributed by atoms with Crippen molar-refractivity contribution >= 4 is 17.6 Å². The predicted octanol–water partition coefficient (Wildman–Crippen LogP) is 3.49. The zero-order chi connectivity index (χ0) is 16.4. The maximum Gasteiger partial charge on any atom is 0.185 e. The van der Waals surface area contributed by atoms with E-state index < -0.39 is 0 Å². The van der Waals surface area contributed by atoms with E-state index in [1.165, 1.54) is 0 Å². The number of Topliss-reactive ketones (excluding diaryl/α,β-unsaturated/α-hetero) is 2. The van der Waals surface area contributed by atoms with Gasteiger partial charge in [-0.25, -0.2) is 4.98 Å². The van der Waals surface area contributed by atoms with Crippen LogP contribution in [0.2, 0.25) is 0 Å². The van der Waals surface area contributed by atoms with Crippen molar-refractivity contribution < 1.29 is 9.59 Å². The lowest BCUT2D eigenvalue weighted by atomic mass is 9.84. The molecule has 0 bridgehead atoms. The molecule has 0 radical (unpaired) electrons. The molecule has 2 rings (SSSR count). The monoisotopic (exact) mass is 298 g/mol. The summed E-state index contributed by atoms with van der Waals surface area (Å²) < 4.78 is 0. The molecule has 0 aromatic carbocycles. The molecule has 0 spiro atoms. The second-order valence-electron chi connectivity index (χ2n) is 5.69. The minimum absolute atomic E-state index is 0.00782. The number of hydrogen-bond donors (Lipinski definition) is 1. The van der Waals surface area contributed by atoms with Crippen molar-refractivity contribution in [1.29, 1.82) is 0 Å². The third-order valence-corrected chi connectivity index (χ3v) is 4.23. The Morgan fingerprint density at radius 1 is 0.955 bits per heavy atom. The van der Waals surface area contributed by atoms with Crippen molar-refractivity contribution in [2.75, 3.05) is 0 Å². The third-order valence-electron chi connectivity index (χ3n) is 4.23. The zero-order valence-corrected chi connectivity index (χ0v) is 13.8. The first-order valence-corrected chi connectivity index (χ1v) is 7.51. The van der Waals surface area contributed by atoms with Gasteiger partial charge in [0.15, 0.2) is 11.6 Å². The van der Waals surface area contributed by atoms with E-state index in [-0.39, 0.29) is 11.6 Å². The van der Waals surface area contributed by atoms with Crippen LogP contribution in [0, 0.1) is 6.92 Å². The van der Waals surface area contributed by atoms with Crippen LogP contribution in [-0.4, -0.2) is 21.5 Å². The van der Waals surface area contributed by atoms with E-state index in [0.29, 0.717) is 35.1 Å². The average molecular weight is 298 g/mol. The van der Waals surface area contributed by atoms with Crippen LogP contribution in [0.4, 0.5) is 0 Å². The van der Waals surface area contributed by atoms with Gasteiger partial charge in [0.05, 0.1) is 11.4 Å². The first-order chi connectivity index (χ1) is 10.4. The van der Waals surface area contributed by atoms with Crippen molar-refractivity contribution in [2.24, 2.45) is 0 Å². The van der Waals surface area contributed by atoms with Crippen LogP contribution in [0.1, 0.15) is 51.3 Å². The molecule has 116 valence electrons. The number of aromatic amines is 1. The number of carbonyl (C=O) groups is 2. The number of H-pyrrole nitrogens is 1. The molecule has 1 aromatic heterocycles. The maximum atomic E-state index is 12.4. The Morgan fingerprint density at radius 3 is 2.23 bits per heavy atom. The fraction of sp³-hybridized carbons (Fsp3) is 0.389. The first kappa shape index (κ1) is 16.1. The fourth-order valence-corrected chi connectivity index (χ4v) is 2.68. The smallest absolute Gasteiger partial charge is 0.185 e. The number of nitrogens with one attached hydrogen (secondary N) is 1. The Morgan fingerprint density at radius 2 is 1.59 bits per heavy atom. The van der Waals surface area contributed by atoms with Crippen molar-refractivity contribution in [3.05, 3.63) is 45.6 Å². The van der Waals surface area contributed by atoms with Crippen LogP contribution in [0.15, 0.2) is 28.4 Å². The largest absolute Gasteiger partial charge is 0.342 e. The van der Waals surface area contributed by atoms with Gasteiger partial charge in [-0.05, 0) is 47.1 Å². The minimum Gasteiger partial charge on any atom is -0.342 e. The molecule has 4 heteroatoms. The highest BCUT2D eigenvalue weighted by atomic mass is 16.1. The lowest BCUT2D eigenvalue weighted by molar-refractivity contribution is -0.116. The number of aromatic nitrogens is 2. The van der Waals surface area contributed by atoms with E-state index in [1.807, 2.05) is 26.0 Å². The van der Waals surface area contributed by atoms with E-state index in [0.717, 1.165) is 17.2 Å². The molecule has 0 unspecified atom stereocenters. The fourth-order valence-electron chi connectivity index (χ4n) is 2.68. The van der Waals surface area contributed by atoms with E-state index in [1.54, 1.807) is 20.8 Å². The molecule has 1 aromatic rings. The van der Waals surface area contributed by atoms with Crippen LogP contribution in [0.3, 0.4) is 0 Å². The summed E-state index contributed by atoms with van der Waals surface area (Å²) in [6.07, 6.45) is 5.08. The molecule has 1 aliphatic carbocycles. The van der Waals surface area contributed by atoms with Gasteiger partial charge in [0.2, 0.25) is 0 Å². The van der Waals surface area contributed by atoms with Crippen LogP contribution < -0.4 is 0 Å². The average Bonchev–Trinajstić information content (AvgIpc) is 2.84. The van der Waals surface area contributed by atoms with Gasteiger partial charge in [-0.3, -0.25) is 9.59 Å². The molecule has 22 heavy (non-hydrogen) atoms. The summed E-state index contributed by atoms with van der Waals surface area (Å²) in [7, 11) is 0. The highest BCUT2D eigenvalue weighted by molar-refractivity contribution is 6.24. The number of rotatable bonds is 4. The third kappa shape index (κ3) is 2.86. The highest BCUT2D eigenvalue weighted by Crippen LogP contribution is 2.27. The second-order valence-corrected chi connectivity index (χ2v) is 5.69. The molecule has 0 fully saturated rings. The Balaban J connectivity index is 2.19. The van der Waals surface area contributed by atoms with E-state index >= 15 is 0 Å². The summed E-state index contributed by atoms with van der Waals surface area (Å²) in [6.45, 7) is 9.09. The van der Waals surface area contributed by atoms with Crippen LogP contribution >= 0.6 is 0 Å². The molecule has 1 heterocycles. The van der Waals surface area contributed by atoms with Gasteiger partial charge in [0.1, 0.15) is 5.82 Å². The number of nitrogens with zero attached hydrogens (tertiary/aromatic N) is 1. The highest BCUT2D eigenvalue weighted by Gasteiger charge is 2.27. The Hall–Kier alpha value is -2.23. The van der Waals surface area contributed by atoms with Gasteiger partial charge >= 0.3 is 0 Å². The van der Waals surface area contributed by atoms with Gasteiger partial charge in [-0.15, -0.1) is 0 Å². The molecule has 0 atom stereocenters. The number of imidazole rings is 1. The van der Waals surface area contributed by atoms with Crippen LogP contribution in [0.25, 0.3) is 6.08 Å². The normalized spacial score (nSPS) is 16.4. The topological polar surface area (TPSA) is 62.8 Å². The number of carbonyl (C=O) groups excluding carboxylic acids is 2. The molecule has 0 saturated carbocycles. The quantitative estimate of drug-likeness (QED) is 0.865.